The molecule has 15 heteroatoms. The number of aliphatic carboxylic acids is 2. The average molecular weight is 667 g/mol. The Morgan fingerprint density at radius 1 is 0.837 bits per heavy atom. The molecule has 1 saturated heterocycles. The van der Waals surface area contributed by atoms with E-state index in [-0.39, 0.29) is 81.9 Å². The number of nitrogens with one attached hydrogen (secondary N) is 2. The van der Waals surface area contributed by atoms with Crippen LogP contribution >= 0.6 is 0 Å². The summed E-state index contributed by atoms with van der Waals surface area (Å²) in [6.07, 6.45) is -0.304. The van der Waals surface area contributed by atoms with Crippen LogP contribution in [0, 0.1) is 17.5 Å². The summed E-state index contributed by atoms with van der Waals surface area (Å²) in [6, 6.07) is 13.3. The van der Waals surface area contributed by atoms with E-state index < -0.39 is 71.4 Å². The molecule has 250 valence electrons. The Bertz CT molecular complexity index is 1570. The molecule has 2 amide bonds. The molecule has 0 aromatic heterocycles. The van der Waals surface area contributed by atoms with Crippen LogP contribution in [0.1, 0.15) is 36.0 Å². The van der Waals surface area contributed by atoms with Crippen molar-refractivity contribution in [3.8, 4) is 0 Å². The number of carboxylic acid groups (broad SMARTS) is 2. The molecule has 4 rings (SSSR count). The van der Waals surface area contributed by atoms with Crippen molar-refractivity contribution in [2.45, 2.75) is 68.7 Å². The van der Waals surface area contributed by atoms with E-state index in [1.165, 1.54) is 0 Å². The number of benzene rings is 3. The number of amides is 2. The molecule has 10 nitrogen and oxygen atoms in total. The number of likely N-dealkylation sites (tertiary alicyclic amines) is 1. The molecule has 1 fully saturated rings. The van der Waals surface area contributed by atoms with Gasteiger partial charge in [-0.05, 0) is 54.9 Å². The number of hydrogen-bond acceptors (Lipinski definition) is 8. The van der Waals surface area contributed by atoms with E-state index in [1.54, 1.807) is 30.3 Å². The monoisotopic (exact) mass is 666 g/mol. The van der Waals surface area contributed by atoms with Gasteiger partial charge in [0.05, 0.1) is 24.0 Å². The molecule has 1 heterocycles. The van der Waals surface area contributed by atoms with Crippen LogP contribution in [0.25, 0.3) is 0 Å². The Kier molecular flexibility index (Phi) is 16.6. The van der Waals surface area contributed by atoms with Crippen molar-refractivity contribution in [1.29, 1.82) is 0 Å². The van der Waals surface area contributed by atoms with Gasteiger partial charge in [-0.3, -0.25) is 14.9 Å². The summed E-state index contributed by atoms with van der Waals surface area (Å²) in [6.45, 7) is -0.219. The zero-order valence-electron chi connectivity index (χ0n) is 27.4. The number of nitrogens with two attached hydrogens (primary N) is 1. The average Bonchev–Trinajstić information content (AvgIpc) is 3.45. The standard InChI is InChI=1S/C34H37F3N4O6.2Li/c35-25-18-27(37)26(36)15-22(25)14-23(38)16-31(42)39-24-17-30(34(46)47)41(19-24)32(43)29(13-21-9-5-2-6-10-21)40-28(33(44)45)12-11-20-7-3-1-4-8-20;;/h1-10,15,18,23-24,28-30,40H,11-14,16-17,19,38H2,(H,39,42)(H,44,45)(H,46,47);;/q;2*+1/p-2/t23-,24+,28+,29+,30+;;/m1../s1. The molecule has 0 saturated carbocycles. The summed E-state index contributed by atoms with van der Waals surface area (Å²) >= 11 is 0. The summed E-state index contributed by atoms with van der Waals surface area (Å²) < 4.78 is 40.8. The third-order valence-corrected chi connectivity index (χ3v) is 8.07. The molecule has 1 aliphatic rings. The van der Waals surface area contributed by atoms with Crippen molar-refractivity contribution in [1.82, 2.24) is 15.5 Å². The molecular formula is C34H35F3Li2N4O6. The number of carbonyl (C=O) groups is 4. The van der Waals surface area contributed by atoms with Gasteiger partial charge in [0, 0.05) is 37.2 Å². The minimum Gasteiger partial charge on any atom is -0.548 e. The molecule has 3 aromatic carbocycles. The Morgan fingerprint density at radius 3 is 2.02 bits per heavy atom. The first-order valence-corrected chi connectivity index (χ1v) is 15.2. The molecule has 0 spiro atoms. The fraction of sp³-hybridized carbons (Fsp3) is 0.353. The Labute approximate surface area is 306 Å². The second-order valence-electron chi connectivity index (χ2n) is 11.7. The third kappa shape index (κ3) is 12.1. The summed E-state index contributed by atoms with van der Waals surface area (Å²) in [5, 5.41) is 29.8. The molecule has 5 atom stereocenters. The van der Waals surface area contributed by atoms with Crippen LogP contribution in [0.5, 0.6) is 0 Å². The van der Waals surface area contributed by atoms with Crippen molar-refractivity contribution < 1.29 is 80.3 Å². The van der Waals surface area contributed by atoms with Gasteiger partial charge in [-0.25, -0.2) is 13.2 Å². The Morgan fingerprint density at radius 2 is 1.43 bits per heavy atom. The van der Waals surface area contributed by atoms with Crippen molar-refractivity contribution >= 4 is 23.8 Å². The van der Waals surface area contributed by atoms with Gasteiger partial charge in [0.2, 0.25) is 11.8 Å². The summed E-state index contributed by atoms with van der Waals surface area (Å²) in [5.74, 6) is -7.94. The number of carbonyl (C=O) groups excluding carboxylic acids is 4. The van der Waals surface area contributed by atoms with Crippen LogP contribution in [0.15, 0.2) is 72.8 Å². The maximum atomic E-state index is 14.0. The van der Waals surface area contributed by atoms with Gasteiger partial charge in [-0.15, -0.1) is 0 Å². The maximum Gasteiger partial charge on any atom is 1.00 e. The largest absolute Gasteiger partial charge is 1.00 e. The van der Waals surface area contributed by atoms with Crippen LogP contribution in [0.2, 0.25) is 0 Å². The van der Waals surface area contributed by atoms with Gasteiger partial charge < -0.3 is 35.8 Å². The van der Waals surface area contributed by atoms with Gasteiger partial charge in [0.15, 0.2) is 11.6 Å². The molecule has 0 aliphatic carbocycles. The number of carboxylic acids is 2. The molecular weight excluding hydrogens is 631 g/mol. The first-order chi connectivity index (χ1) is 22.4. The van der Waals surface area contributed by atoms with Crippen LogP contribution in [0.4, 0.5) is 13.2 Å². The van der Waals surface area contributed by atoms with Crippen molar-refractivity contribution in [2.24, 2.45) is 5.73 Å². The smallest absolute Gasteiger partial charge is 0.548 e. The van der Waals surface area contributed by atoms with E-state index >= 15 is 0 Å². The van der Waals surface area contributed by atoms with Gasteiger partial charge in [-0.1, -0.05) is 60.7 Å². The van der Waals surface area contributed by atoms with Gasteiger partial charge in [0.25, 0.3) is 0 Å². The van der Waals surface area contributed by atoms with Gasteiger partial charge in [-0.2, -0.15) is 0 Å². The minimum absolute atomic E-state index is 0. The first kappa shape index (κ1) is 41.6. The predicted octanol–water partition coefficient (Wildman–Crippen LogP) is -5.84. The number of halogens is 3. The fourth-order valence-electron chi connectivity index (χ4n) is 5.74. The molecule has 3 aromatic rings. The minimum atomic E-state index is -1.56. The predicted molar refractivity (Wildman–Crippen MR) is 160 cm³/mol. The summed E-state index contributed by atoms with van der Waals surface area (Å²) in [4.78, 5) is 52.0. The van der Waals surface area contributed by atoms with Gasteiger partial charge in [0.1, 0.15) is 5.82 Å². The number of rotatable bonds is 15. The van der Waals surface area contributed by atoms with E-state index in [0.717, 1.165) is 10.5 Å². The number of aryl methyl sites for hydroxylation is 1. The van der Waals surface area contributed by atoms with Crippen LogP contribution in [-0.2, 0) is 38.4 Å². The Hall–Kier alpha value is -3.56. The fourth-order valence-corrected chi connectivity index (χ4v) is 5.74. The van der Waals surface area contributed by atoms with Gasteiger partial charge >= 0.3 is 37.7 Å². The van der Waals surface area contributed by atoms with E-state index in [4.69, 9.17) is 5.73 Å². The summed E-state index contributed by atoms with van der Waals surface area (Å²) in [7, 11) is 0. The Balaban J connectivity index is 0.00000417. The van der Waals surface area contributed by atoms with E-state index in [2.05, 4.69) is 10.6 Å². The molecule has 0 bridgehead atoms. The van der Waals surface area contributed by atoms with Crippen LogP contribution in [-0.4, -0.2) is 65.4 Å². The molecule has 0 unspecified atom stereocenters. The van der Waals surface area contributed by atoms with E-state index in [9.17, 15) is 42.6 Å². The van der Waals surface area contributed by atoms with E-state index in [1.807, 2.05) is 30.3 Å². The molecule has 4 N–H and O–H groups in total. The van der Waals surface area contributed by atoms with Crippen molar-refractivity contribution in [3.05, 3.63) is 107 Å². The molecule has 0 radical (unpaired) electrons. The second kappa shape index (κ2) is 19.6. The maximum absolute atomic E-state index is 14.0. The van der Waals surface area contributed by atoms with Crippen molar-refractivity contribution in [2.75, 3.05) is 6.54 Å². The van der Waals surface area contributed by atoms with Crippen molar-refractivity contribution in [3.63, 3.8) is 0 Å². The number of nitrogens with zero attached hydrogens (tertiary/aromatic N) is 1. The summed E-state index contributed by atoms with van der Waals surface area (Å²) in [5.41, 5.74) is 7.33. The topological polar surface area (TPSA) is 168 Å². The molecule has 1 aliphatic heterocycles. The SMILES string of the molecule is N[C@@H](CC(=O)N[C@H]1C[C@@H](C(=O)[O-])N(C(=O)[C@H](Cc2ccccc2)N[C@@H](CCc2ccccc2)C(=O)[O-])C1)Cc1cc(F)c(F)cc1F.[Li+].[Li+]. The van der Waals surface area contributed by atoms with Crippen LogP contribution in [0.3, 0.4) is 0 Å². The number of hydrogen-bond donors (Lipinski definition) is 3. The van der Waals surface area contributed by atoms with Crippen LogP contribution < -0.4 is 64.3 Å². The van der Waals surface area contributed by atoms with E-state index in [0.29, 0.717) is 24.1 Å². The zero-order chi connectivity index (χ0) is 34.1. The third-order valence-electron chi connectivity index (χ3n) is 8.07. The normalized spacial score (nSPS) is 17.2. The quantitative estimate of drug-likeness (QED) is 0.107. The first-order valence-electron chi connectivity index (χ1n) is 15.2. The zero-order valence-corrected chi connectivity index (χ0v) is 27.4. The second-order valence-corrected chi connectivity index (χ2v) is 11.7. The molecule has 49 heavy (non-hydrogen) atoms.